The summed E-state index contributed by atoms with van der Waals surface area (Å²) >= 11 is 6.40. The Balaban J connectivity index is 2.03. The van der Waals surface area contributed by atoms with Crippen molar-refractivity contribution in [2.45, 2.75) is 25.7 Å². The number of ether oxygens (including phenoxy) is 1. The Morgan fingerprint density at radius 1 is 1.14 bits per heavy atom. The van der Waals surface area contributed by atoms with Crippen LogP contribution < -0.4 is 15.6 Å². The van der Waals surface area contributed by atoms with Gasteiger partial charge in [0.2, 0.25) is 0 Å². The number of pyridine rings is 1. The van der Waals surface area contributed by atoms with Gasteiger partial charge in [-0.1, -0.05) is 30.7 Å². The number of amides is 1. The molecule has 2 heterocycles. The first-order chi connectivity index (χ1) is 17.1. The summed E-state index contributed by atoms with van der Waals surface area (Å²) in [5.41, 5.74) is 1.87. The highest BCUT2D eigenvalue weighted by molar-refractivity contribution is 7.91. The fourth-order valence-electron chi connectivity index (χ4n) is 3.95. The van der Waals surface area contributed by atoms with Gasteiger partial charge in [0.15, 0.2) is 9.84 Å². The summed E-state index contributed by atoms with van der Waals surface area (Å²) in [6.07, 6.45) is 1.60. The molecule has 0 atom stereocenters. The van der Waals surface area contributed by atoms with Crippen molar-refractivity contribution in [3.8, 4) is 22.6 Å². The van der Waals surface area contributed by atoms with Gasteiger partial charge in [0.25, 0.3) is 11.5 Å². The summed E-state index contributed by atoms with van der Waals surface area (Å²) in [4.78, 5) is 28.4. The molecule has 0 aliphatic heterocycles. The van der Waals surface area contributed by atoms with Crippen LogP contribution in [0.2, 0.25) is 5.02 Å². The fraction of sp³-hybridized carbons (Fsp3) is 0.231. The van der Waals surface area contributed by atoms with Crippen molar-refractivity contribution in [3.05, 3.63) is 75.3 Å². The van der Waals surface area contributed by atoms with Gasteiger partial charge in [-0.2, -0.15) is 0 Å². The van der Waals surface area contributed by atoms with Gasteiger partial charge in [-0.25, -0.2) is 8.42 Å². The number of hydrogen-bond acceptors (Lipinski definition) is 5. The maximum Gasteiger partial charge on any atom is 0.274 e. The first kappa shape index (κ1) is 25.5. The molecule has 188 valence electrons. The molecule has 0 saturated heterocycles. The van der Waals surface area contributed by atoms with E-state index in [0.717, 1.165) is 5.56 Å². The summed E-state index contributed by atoms with van der Waals surface area (Å²) in [6, 6.07) is 11.5. The molecule has 2 aromatic carbocycles. The molecule has 36 heavy (non-hydrogen) atoms. The lowest BCUT2D eigenvalue weighted by atomic mass is 10.0. The maximum atomic E-state index is 12.9. The summed E-state index contributed by atoms with van der Waals surface area (Å²) in [6.45, 7) is 5.64. The second kappa shape index (κ2) is 9.83. The molecular formula is C26H26ClN3O5S. The fourth-order valence-corrected chi connectivity index (χ4v) is 5.12. The normalized spacial score (nSPS) is 11.6. The van der Waals surface area contributed by atoms with Crippen LogP contribution in [0.5, 0.6) is 11.5 Å². The lowest BCUT2D eigenvalue weighted by molar-refractivity contribution is 0.0951. The van der Waals surface area contributed by atoms with Gasteiger partial charge in [0, 0.05) is 36.3 Å². The number of carbonyl (C=O) groups excluding carboxylic acids is 1. The third-order valence-corrected chi connectivity index (χ3v) is 7.93. The number of halogens is 1. The number of para-hydroxylation sites is 1. The quantitative estimate of drug-likeness (QED) is 0.357. The van der Waals surface area contributed by atoms with E-state index in [1.54, 1.807) is 45.3 Å². The average Bonchev–Trinajstić information content (AvgIpc) is 3.30. The number of aromatic nitrogens is 2. The number of benzene rings is 2. The van der Waals surface area contributed by atoms with E-state index in [-0.39, 0.29) is 33.3 Å². The molecule has 0 aliphatic rings. The van der Waals surface area contributed by atoms with E-state index in [1.165, 1.54) is 16.7 Å². The molecule has 0 fully saturated rings. The highest BCUT2D eigenvalue weighted by Gasteiger charge is 2.22. The van der Waals surface area contributed by atoms with Crippen LogP contribution in [-0.4, -0.2) is 36.2 Å². The van der Waals surface area contributed by atoms with E-state index in [9.17, 15) is 18.0 Å². The largest absolute Gasteiger partial charge is 0.455 e. The summed E-state index contributed by atoms with van der Waals surface area (Å²) in [7, 11) is -1.96. The van der Waals surface area contributed by atoms with Crippen molar-refractivity contribution >= 4 is 38.2 Å². The number of carbonyl (C=O) groups is 1. The van der Waals surface area contributed by atoms with E-state index in [4.69, 9.17) is 16.3 Å². The molecule has 2 aromatic heterocycles. The van der Waals surface area contributed by atoms with Gasteiger partial charge in [-0.05, 0) is 49.7 Å². The second-order valence-electron chi connectivity index (χ2n) is 8.34. The molecule has 10 heteroatoms. The number of hydrogen-bond donors (Lipinski definition) is 2. The van der Waals surface area contributed by atoms with Gasteiger partial charge in [-0.3, -0.25) is 9.59 Å². The molecule has 0 saturated carbocycles. The second-order valence-corrected chi connectivity index (χ2v) is 11.0. The Morgan fingerprint density at radius 3 is 2.56 bits per heavy atom. The topological polar surface area (TPSA) is 110 Å². The number of nitrogens with zero attached hydrogens (tertiary/aromatic N) is 1. The van der Waals surface area contributed by atoms with Gasteiger partial charge in [0.1, 0.15) is 22.7 Å². The van der Waals surface area contributed by atoms with E-state index < -0.39 is 9.84 Å². The number of rotatable bonds is 7. The summed E-state index contributed by atoms with van der Waals surface area (Å²) < 4.78 is 33.1. The maximum absolute atomic E-state index is 12.9. The Kier molecular flexibility index (Phi) is 6.97. The van der Waals surface area contributed by atoms with E-state index >= 15 is 0 Å². The lowest BCUT2D eigenvalue weighted by Crippen LogP contribution is -2.23. The smallest absolute Gasteiger partial charge is 0.274 e. The lowest BCUT2D eigenvalue weighted by Gasteiger charge is -2.17. The predicted octanol–water partition coefficient (Wildman–Crippen LogP) is 4.83. The van der Waals surface area contributed by atoms with Crippen LogP contribution in [-0.2, 0) is 16.9 Å². The zero-order valence-corrected chi connectivity index (χ0v) is 21.9. The van der Waals surface area contributed by atoms with Crippen molar-refractivity contribution in [2.24, 2.45) is 7.05 Å². The van der Waals surface area contributed by atoms with Crippen molar-refractivity contribution in [3.63, 3.8) is 0 Å². The Morgan fingerprint density at radius 2 is 1.89 bits per heavy atom. The molecule has 4 rings (SSSR count). The van der Waals surface area contributed by atoms with Crippen LogP contribution >= 0.6 is 11.6 Å². The van der Waals surface area contributed by atoms with Crippen molar-refractivity contribution < 1.29 is 17.9 Å². The zero-order chi connectivity index (χ0) is 26.2. The standard InChI is InChI=1S/C26H26ClN3O5S/c1-5-28-25(31)21-13-18-19(14-30(4)26(32)23(18)29-21)17-12-16(36(33,34)6-2)10-11-22(17)35-24-15(3)8-7-9-20(24)27/h7-14,29H,5-6H2,1-4H3,(H,28,31). The number of aromatic amines is 1. The molecule has 0 bridgehead atoms. The van der Waals surface area contributed by atoms with Crippen LogP contribution in [0.3, 0.4) is 0 Å². The van der Waals surface area contributed by atoms with Gasteiger partial charge < -0.3 is 19.6 Å². The summed E-state index contributed by atoms with van der Waals surface area (Å²) in [5, 5.41) is 3.58. The van der Waals surface area contributed by atoms with Crippen LogP contribution in [0.4, 0.5) is 0 Å². The minimum absolute atomic E-state index is 0.0789. The van der Waals surface area contributed by atoms with Crippen LogP contribution in [0.25, 0.3) is 22.0 Å². The molecule has 8 nitrogen and oxygen atoms in total. The van der Waals surface area contributed by atoms with Crippen molar-refractivity contribution in [1.82, 2.24) is 14.9 Å². The molecule has 0 spiro atoms. The monoisotopic (exact) mass is 527 g/mol. The minimum Gasteiger partial charge on any atom is -0.455 e. The highest BCUT2D eigenvalue weighted by Crippen LogP contribution is 2.41. The Bertz CT molecular complexity index is 1630. The van der Waals surface area contributed by atoms with Gasteiger partial charge in [-0.15, -0.1) is 0 Å². The Hall–Kier alpha value is -3.56. The number of H-pyrrole nitrogens is 1. The number of nitrogens with one attached hydrogen (secondary N) is 2. The SMILES string of the molecule is CCNC(=O)c1cc2c(-c3cc(S(=O)(=O)CC)ccc3Oc3c(C)cccc3Cl)cn(C)c(=O)c2[nH]1. The number of sulfone groups is 1. The zero-order valence-electron chi connectivity index (χ0n) is 20.3. The molecular weight excluding hydrogens is 502 g/mol. The van der Waals surface area contributed by atoms with Gasteiger partial charge >= 0.3 is 0 Å². The van der Waals surface area contributed by atoms with E-state index in [2.05, 4.69) is 10.3 Å². The Labute approximate surface area is 213 Å². The van der Waals surface area contributed by atoms with Crippen molar-refractivity contribution in [1.29, 1.82) is 0 Å². The van der Waals surface area contributed by atoms with Crippen LogP contribution in [0, 0.1) is 6.92 Å². The first-order valence-corrected chi connectivity index (χ1v) is 13.4. The molecule has 0 unspecified atom stereocenters. The molecule has 2 N–H and O–H groups in total. The van der Waals surface area contributed by atoms with E-state index in [0.29, 0.717) is 39.6 Å². The third kappa shape index (κ3) is 4.64. The molecule has 0 aliphatic carbocycles. The summed E-state index contributed by atoms with van der Waals surface area (Å²) in [5.74, 6) is 0.351. The molecule has 0 radical (unpaired) electrons. The van der Waals surface area contributed by atoms with Gasteiger partial charge in [0.05, 0.1) is 15.7 Å². The number of fused-ring (bicyclic) bond motifs is 1. The number of aryl methyl sites for hydroxylation is 2. The highest BCUT2D eigenvalue weighted by atomic mass is 35.5. The predicted molar refractivity (Wildman–Crippen MR) is 141 cm³/mol. The van der Waals surface area contributed by atoms with E-state index in [1.807, 2.05) is 19.1 Å². The van der Waals surface area contributed by atoms with Crippen molar-refractivity contribution in [2.75, 3.05) is 12.3 Å². The third-order valence-electron chi connectivity index (χ3n) is 5.90. The van der Waals surface area contributed by atoms with Crippen LogP contribution in [0.1, 0.15) is 29.9 Å². The first-order valence-electron chi connectivity index (χ1n) is 11.4. The molecule has 4 aromatic rings. The van der Waals surface area contributed by atoms with Crippen LogP contribution in [0.15, 0.2) is 58.4 Å². The average molecular weight is 528 g/mol. The minimum atomic E-state index is -3.54. The molecule has 1 amide bonds.